The lowest BCUT2D eigenvalue weighted by atomic mass is 10.1. The average molecular weight is 208 g/mol. The predicted octanol–water partition coefficient (Wildman–Crippen LogP) is 1.69. The fourth-order valence-corrected chi connectivity index (χ4v) is 1.64. The molecule has 0 saturated carbocycles. The number of aromatic nitrogens is 2. The molecule has 5 heteroatoms. The fourth-order valence-electron chi connectivity index (χ4n) is 1.64. The topological polar surface area (TPSA) is 54.6 Å². The highest BCUT2D eigenvalue weighted by Crippen LogP contribution is 2.22. The number of aryl methyl sites for hydroxylation is 1. The summed E-state index contributed by atoms with van der Waals surface area (Å²) >= 11 is 0. The van der Waals surface area contributed by atoms with Crippen molar-refractivity contribution in [1.29, 1.82) is 0 Å². The summed E-state index contributed by atoms with van der Waals surface area (Å²) in [6, 6.07) is 1.46. The zero-order valence-corrected chi connectivity index (χ0v) is 8.28. The van der Waals surface area contributed by atoms with Gasteiger partial charge in [0.15, 0.2) is 5.78 Å². The standard InChI is InChI=1S/C10H9FN2O2/c1-5-3-7(15)4-13-9(5)8(6(2)14)10(11)12-13/h3-4,15H,1-2H3. The van der Waals surface area contributed by atoms with Gasteiger partial charge in [0.1, 0.15) is 5.75 Å². The van der Waals surface area contributed by atoms with Gasteiger partial charge in [-0.05, 0) is 25.5 Å². The molecule has 0 radical (unpaired) electrons. The van der Waals surface area contributed by atoms with Crippen LogP contribution in [0.4, 0.5) is 4.39 Å². The Balaban J connectivity index is 2.93. The minimum Gasteiger partial charge on any atom is -0.506 e. The Morgan fingerprint density at radius 3 is 2.87 bits per heavy atom. The summed E-state index contributed by atoms with van der Waals surface area (Å²) in [5, 5.41) is 12.8. The van der Waals surface area contributed by atoms with E-state index < -0.39 is 5.95 Å². The molecule has 1 N–H and O–H groups in total. The van der Waals surface area contributed by atoms with Gasteiger partial charge in [0, 0.05) is 0 Å². The first-order valence-electron chi connectivity index (χ1n) is 4.39. The molecule has 0 saturated heterocycles. The van der Waals surface area contributed by atoms with Gasteiger partial charge in [-0.15, -0.1) is 5.10 Å². The molecule has 2 heterocycles. The van der Waals surface area contributed by atoms with Crippen LogP contribution in [-0.2, 0) is 0 Å². The van der Waals surface area contributed by atoms with Gasteiger partial charge in [0.25, 0.3) is 0 Å². The Morgan fingerprint density at radius 1 is 1.60 bits per heavy atom. The van der Waals surface area contributed by atoms with Gasteiger partial charge in [0.05, 0.1) is 17.3 Å². The third-order valence-corrected chi connectivity index (χ3v) is 2.21. The molecule has 0 aliphatic rings. The first-order valence-corrected chi connectivity index (χ1v) is 4.39. The van der Waals surface area contributed by atoms with Crippen molar-refractivity contribution in [3.8, 4) is 5.75 Å². The zero-order chi connectivity index (χ0) is 11.2. The summed E-state index contributed by atoms with van der Waals surface area (Å²) in [6.45, 7) is 2.97. The second-order valence-electron chi connectivity index (χ2n) is 3.40. The molecule has 2 rings (SSSR count). The number of pyridine rings is 1. The molecule has 4 nitrogen and oxygen atoms in total. The number of fused-ring (bicyclic) bond motifs is 1. The van der Waals surface area contributed by atoms with Crippen LogP contribution in [0.2, 0.25) is 0 Å². The average Bonchev–Trinajstić information content (AvgIpc) is 2.40. The van der Waals surface area contributed by atoms with E-state index in [9.17, 15) is 14.3 Å². The van der Waals surface area contributed by atoms with E-state index in [0.717, 1.165) is 0 Å². The molecular weight excluding hydrogens is 199 g/mol. The highest BCUT2D eigenvalue weighted by Gasteiger charge is 2.18. The Bertz CT molecular complexity index is 560. The summed E-state index contributed by atoms with van der Waals surface area (Å²) in [5.41, 5.74) is 0.974. The summed E-state index contributed by atoms with van der Waals surface area (Å²) in [7, 11) is 0. The third-order valence-electron chi connectivity index (χ3n) is 2.21. The molecule has 0 atom stereocenters. The normalized spacial score (nSPS) is 10.9. The van der Waals surface area contributed by atoms with E-state index in [4.69, 9.17) is 0 Å². The number of ketones is 1. The molecule has 78 valence electrons. The largest absolute Gasteiger partial charge is 0.506 e. The number of hydrogen-bond acceptors (Lipinski definition) is 3. The van der Waals surface area contributed by atoms with Crippen LogP contribution in [0.3, 0.4) is 0 Å². The van der Waals surface area contributed by atoms with Crippen LogP contribution in [0.1, 0.15) is 22.8 Å². The molecule has 0 amide bonds. The highest BCUT2D eigenvalue weighted by atomic mass is 19.1. The van der Waals surface area contributed by atoms with Crippen molar-refractivity contribution in [2.24, 2.45) is 0 Å². The van der Waals surface area contributed by atoms with Crippen LogP contribution in [-0.4, -0.2) is 20.5 Å². The second-order valence-corrected chi connectivity index (χ2v) is 3.40. The molecule has 0 aliphatic heterocycles. The number of hydrogen-bond donors (Lipinski definition) is 1. The monoisotopic (exact) mass is 208 g/mol. The fraction of sp³-hybridized carbons (Fsp3) is 0.200. The van der Waals surface area contributed by atoms with Crippen LogP contribution in [0, 0.1) is 12.9 Å². The lowest BCUT2D eigenvalue weighted by Crippen LogP contribution is -1.95. The van der Waals surface area contributed by atoms with Crippen LogP contribution < -0.4 is 0 Å². The Kier molecular flexibility index (Phi) is 1.96. The number of rotatable bonds is 1. The summed E-state index contributed by atoms with van der Waals surface area (Å²) in [6.07, 6.45) is 1.26. The quantitative estimate of drug-likeness (QED) is 0.725. The number of halogens is 1. The number of carbonyl (C=O) groups excluding carboxylic acids is 1. The summed E-state index contributed by atoms with van der Waals surface area (Å²) in [4.78, 5) is 11.2. The van der Waals surface area contributed by atoms with Gasteiger partial charge in [-0.3, -0.25) is 4.79 Å². The van der Waals surface area contributed by atoms with Crippen LogP contribution in [0.25, 0.3) is 5.52 Å². The second kappa shape index (κ2) is 3.05. The molecule has 0 fully saturated rings. The van der Waals surface area contributed by atoms with E-state index in [1.165, 1.54) is 23.7 Å². The van der Waals surface area contributed by atoms with E-state index in [-0.39, 0.29) is 17.1 Å². The molecule has 0 aliphatic carbocycles. The minimum atomic E-state index is -0.809. The van der Waals surface area contributed by atoms with Gasteiger partial charge in [-0.2, -0.15) is 4.39 Å². The van der Waals surface area contributed by atoms with E-state index in [1.54, 1.807) is 6.92 Å². The Morgan fingerprint density at radius 2 is 2.27 bits per heavy atom. The lowest BCUT2D eigenvalue weighted by molar-refractivity contribution is 0.101. The van der Waals surface area contributed by atoms with E-state index in [1.807, 2.05) is 0 Å². The number of nitrogens with zero attached hydrogens (tertiary/aromatic N) is 2. The van der Waals surface area contributed by atoms with Gasteiger partial charge in [-0.25, -0.2) is 4.52 Å². The molecule has 0 spiro atoms. The first kappa shape index (κ1) is 9.64. The van der Waals surface area contributed by atoms with Crippen LogP contribution in [0.5, 0.6) is 5.75 Å². The van der Waals surface area contributed by atoms with Gasteiger partial charge in [-0.1, -0.05) is 0 Å². The van der Waals surface area contributed by atoms with Crippen molar-refractivity contribution in [1.82, 2.24) is 9.61 Å². The zero-order valence-electron chi connectivity index (χ0n) is 8.28. The Labute approximate surface area is 85.0 Å². The molecule has 0 bridgehead atoms. The molecule has 0 aromatic carbocycles. The van der Waals surface area contributed by atoms with E-state index in [2.05, 4.69) is 5.10 Å². The molecule has 2 aromatic rings. The Hall–Kier alpha value is -1.91. The van der Waals surface area contributed by atoms with Gasteiger partial charge in [0.2, 0.25) is 5.95 Å². The lowest BCUT2D eigenvalue weighted by Gasteiger charge is -2.00. The molecular formula is C10H9FN2O2. The van der Waals surface area contributed by atoms with Crippen molar-refractivity contribution in [3.63, 3.8) is 0 Å². The SMILES string of the molecule is CC(=O)c1c(F)nn2cc(O)cc(C)c12. The minimum absolute atomic E-state index is 0.0161. The van der Waals surface area contributed by atoms with Crippen LogP contribution in [0.15, 0.2) is 12.3 Å². The molecule has 0 unspecified atom stereocenters. The summed E-state index contributed by atoms with van der Waals surface area (Å²) < 4.78 is 14.5. The molecule has 2 aromatic heterocycles. The predicted molar refractivity (Wildman–Crippen MR) is 51.6 cm³/mol. The number of carbonyl (C=O) groups is 1. The smallest absolute Gasteiger partial charge is 0.244 e. The van der Waals surface area contributed by atoms with Crippen molar-refractivity contribution < 1.29 is 14.3 Å². The van der Waals surface area contributed by atoms with Crippen molar-refractivity contribution >= 4 is 11.3 Å². The number of Topliss-reactive ketones (excluding diaryl/α,β-unsaturated/α-hetero) is 1. The van der Waals surface area contributed by atoms with E-state index in [0.29, 0.717) is 11.1 Å². The summed E-state index contributed by atoms with van der Waals surface area (Å²) in [5.74, 6) is -1.20. The first-order chi connectivity index (χ1) is 7.00. The van der Waals surface area contributed by atoms with Crippen LogP contribution >= 0.6 is 0 Å². The third kappa shape index (κ3) is 1.36. The van der Waals surface area contributed by atoms with Crippen molar-refractivity contribution in [3.05, 3.63) is 29.3 Å². The highest BCUT2D eigenvalue weighted by molar-refractivity contribution is 6.01. The molecule has 15 heavy (non-hydrogen) atoms. The van der Waals surface area contributed by atoms with Gasteiger partial charge < -0.3 is 5.11 Å². The van der Waals surface area contributed by atoms with Gasteiger partial charge >= 0.3 is 0 Å². The van der Waals surface area contributed by atoms with E-state index >= 15 is 0 Å². The maximum atomic E-state index is 13.3. The maximum absolute atomic E-state index is 13.3. The van der Waals surface area contributed by atoms with Crippen molar-refractivity contribution in [2.75, 3.05) is 0 Å². The maximum Gasteiger partial charge on any atom is 0.244 e. The number of aromatic hydroxyl groups is 1. The van der Waals surface area contributed by atoms with Crippen molar-refractivity contribution in [2.45, 2.75) is 13.8 Å².